The molecule has 0 aromatic carbocycles. The average Bonchev–Trinajstić information content (AvgIpc) is 2.67. The molecule has 1 saturated heterocycles. The first-order valence-corrected chi connectivity index (χ1v) is 6.51. The van der Waals surface area contributed by atoms with Gasteiger partial charge >= 0.3 is 5.97 Å². The SMILES string of the molecule is Cc1cc(C(=O)N2CCC(C)CC2C(=O)O)c(C)o1. The first-order chi connectivity index (χ1) is 8.90. The minimum Gasteiger partial charge on any atom is -0.480 e. The molecule has 1 aliphatic rings. The van der Waals surface area contributed by atoms with Gasteiger partial charge in [0, 0.05) is 6.54 Å². The van der Waals surface area contributed by atoms with Crippen molar-refractivity contribution < 1.29 is 19.1 Å². The van der Waals surface area contributed by atoms with Crippen molar-refractivity contribution in [1.29, 1.82) is 0 Å². The lowest BCUT2D eigenvalue weighted by Gasteiger charge is -2.35. The Hall–Kier alpha value is -1.78. The van der Waals surface area contributed by atoms with Gasteiger partial charge in [0.15, 0.2) is 0 Å². The van der Waals surface area contributed by atoms with Crippen LogP contribution in [0.1, 0.15) is 41.6 Å². The van der Waals surface area contributed by atoms with Crippen molar-refractivity contribution in [3.63, 3.8) is 0 Å². The van der Waals surface area contributed by atoms with Gasteiger partial charge in [-0.2, -0.15) is 0 Å². The van der Waals surface area contributed by atoms with Gasteiger partial charge in [-0.05, 0) is 38.7 Å². The summed E-state index contributed by atoms with van der Waals surface area (Å²) in [4.78, 5) is 25.2. The number of carbonyl (C=O) groups excluding carboxylic acids is 1. The van der Waals surface area contributed by atoms with Gasteiger partial charge in [0.05, 0.1) is 5.56 Å². The van der Waals surface area contributed by atoms with Gasteiger partial charge < -0.3 is 14.4 Å². The first-order valence-electron chi connectivity index (χ1n) is 6.51. The zero-order valence-corrected chi connectivity index (χ0v) is 11.5. The summed E-state index contributed by atoms with van der Waals surface area (Å²) in [5.74, 6) is 0.368. The molecule has 1 fully saturated rings. The van der Waals surface area contributed by atoms with E-state index in [2.05, 4.69) is 0 Å². The lowest BCUT2D eigenvalue weighted by molar-refractivity contribution is -0.144. The van der Waals surface area contributed by atoms with E-state index in [1.165, 1.54) is 4.90 Å². The Labute approximate surface area is 112 Å². The number of piperidine rings is 1. The highest BCUT2D eigenvalue weighted by Gasteiger charge is 2.36. The number of carbonyl (C=O) groups is 2. The first kappa shape index (κ1) is 13.6. The molecule has 1 N–H and O–H groups in total. The molecule has 19 heavy (non-hydrogen) atoms. The third kappa shape index (κ3) is 2.64. The number of furan rings is 1. The Morgan fingerprint density at radius 2 is 2.11 bits per heavy atom. The molecule has 1 amide bonds. The van der Waals surface area contributed by atoms with E-state index in [4.69, 9.17) is 4.42 Å². The van der Waals surface area contributed by atoms with Crippen molar-refractivity contribution in [1.82, 2.24) is 4.90 Å². The van der Waals surface area contributed by atoms with E-state index < -0.39 is 12.0 Å². The zero-order chi connectivity index (χ0) is 14.2. The molecule has 2 unspecified atom stereocenters. The fraction of sp³-hybridized carbons (Fsp3) is 0.571. The van der Waals surface area contributed by atoms with Crippen LogP contribution < -0.4 is 0 Å². The molecular weight excluding hydrogens is 246 g/mol. The van der Waals surface area contributed by atoms with Crippen molar-refractivity contribution >= 4 is 11.9 Å². The maximum Gasteiger partial charge on any atom is 0.326 e. The lowest BCUT2D eigenvalue weighted by Crippen LogP contribution is -2.49. The molecule has 0 bridgehead atoms. The second kappa shape index (κ2) is 5.07. The second-order valence-corrected chi connectivity index (χ2v) is 5.31. The summed E-state index contributed by atoms with van der Waals surface area (Å²) in [6.45, 7) is 6.00. The van der Waals surface area contributed by atoms with Crippen LogP contribution >= 0.6 is 0 Å². The molecule has 1 aromatic heterocycles. The summed E-state index contributed by atoms with van der Waals surface area (Å²) in [6, 6.07) is 0.945. The van der Waals surface area contributed by atoms with Gasteiger partial charge in [0.2, 0.25) is 0 Å². The molecule has 5 nitrogen and oxygen atoms in total. The molecule has 0 radical (unpaired) electrons. The van der Waals surface area contributed by atoms with E-state index in [0.717, 1.165) is 6.42 Å². The number of carboxylic acid groups (broad SMARTS) is 1. The molecule has 2 atom stereocenters. The number of amides is 1. The molecule has 0 saturated carbocycles. The topological polar surface area (TPSA) is 70.8 Å². The minimum atomic E-state index is -0.933. The van der Waals surface area contributed by atoms with Crippen molar-refractivity contribution in [2.75, 3.05) is 6.54 Å². The van der Waals surface area contributed by atoms with Crippen LogP contribution in [0.15, 0.2) is 10.5 Å². The predicted octanol–water partition coefficient (Wildman–Crippen LogP) is 2.22. The molecule has 1 aliphatic heterocycles. The molecule has 2 heterocycles. The number of hydrogen-bond acceptors (Lipinski definition) is 3. The highest BCUT2D eigenvalue weighted by Crippen LogP contribution is 2.26. The van der Waals surface area contributed by atoms with E-state index >= 15 is 0 Å². The van der Waals surface area contributed by atoms with Gasteiger partial charge in [-0.15, -0.1) is 0 Å². The Bertz CT molecular complexity index is 506. The molecule has 5 heteroatoms. The Balaban J connectivity index is 2.26. The summed E-state index contributed by atoms with van der Waals surface area (Å²) in [7, 11) is 0. The van der Waals surface area contributed by atoms with Gasteiger partial charge in [-0.1, -0.05) is 6.92 Å². The molecule has 0 aliphatic carbocycles. The summed E-state index contributed by atoms with van der Waals surface area (Å²) in [6.07, 6.45) is 1.35. The molecule has 0 spiro atoms. The molecule has 2 rings (SSSR count). The normalized spacial score (nSPS) is 23.4. The predicted molar refractivity (Wildman–Crippen MR) is 69.0 cm³/mol. The Morgan fingerprint density at radius 1 is 1.42 bits per heavy atom. The number of aliphatic carboxylic acids is 1. The molecule has 1 aromatic rings. The van der Waals surface area contributed by atoms with Crippen LogP contribution in [0.25, 0.3) is 0 Å². The summed E-state index contributed by atoms with van der Waals surface area (Å²) < 4.78 is 5.35. The van der Waals surface area contributed by atoms with Crippen LogP contribution in [0.5, 0.6) is 0 Å². The number of nitrogens with zero attached hydrogens (tertiary/aromatic N) is 1. The quantitative estimate of drug-likeness (QED) is 0.890. The highest BCUT2D eigenvalue weighted by molar-refractivity contribution is 5.97. The summed E-state index contributed by atoms with van der Waals surface area (Å²) in [5, 5.41) is 9.28. The smallest absolute Gasteiger partial charge is 0.326 e. The number of aryl methyl sites for hydroxylation is 2. The van der Waals surface area contributed by atoms with Crippen molar-refractivity contribution in [3.8, 4) is 0 Å². The Morgan fingerprint density at radius 3 is 2.63 bits per heavy atom. The Kier molecular flexibility index (Phi) is 3.64. The van der Waals surface area contributed by atoms with Crippen LogP contribution in [0.2, 0.25) is 0 Å². The van der Waals surface area contributed by atoms with E-state index in [9.17, 15) is 14.7 Å². The van der Waals surface area contributed by atoms with Crippen molar-refractivity contribution in [3.05, 3.63) is 23.2 Å². The maximum absolute atomic E-state index is 12.5. The average molecular weight is 265 g/mol. The largest absolute Gasteiger partial charge is 0.480 e. The second-order valence-electron chi connectivity index (χ2n) is 5.31. The zero-order valence-electron chi connectivity index (χ0n) is 11.5. The number of likely N-dealkylation sites (tertiary alicyclic amines) is 1. The monoisotopic (exact) mass is 265 g/mol. The van der Waals surface area contributed by atoms with Crippen LogP contribution in [-0.2, 0) is 4.79 Å². The molecular formula is C14H19NO4. The van der Waals surface area contributed by atoms with E-state index in [0.29, 0.717) is 36.0 Å². The van der Waals surface area contributed by atoms with Gasteiger partial charge in [-0.3, -0.25) is 4.79 Å². The maximum atomic E-state index is 12.5. The standard InChI is InChI=1S/C14H19NO4/c1-8-4-5-15(12(6-8)14(17)18)13(16)11-7-9(2)19-10(11)3/h7-8,12H,4-6H2,1-3H3,(H,17,18). The van der Waals surface area contributed by atoms with Gasteiger partial charge in [-0.25, -0.2) is 4.79 Å². The van der Waals surface area contributed by atoms with E-state index in [1.807, 2.05) is 6.92 Å². The summed E-state index contributed by atoms with van der Waals surface area (Å²) in [5.41, 5.74) is 0.471. The van der Waals surface area contributed by atoms with Crippen molar-refractivity contribution in [2.45, 2.75) is 39.7 Å². The third-order valence-electron chi connectivity index (χ3n) is 3.68. The van der Waals surface area contributed by atoms with Gasteiger partial charge in [0.1, 0.15) is 17.6 Å². The van der Waals surface area contributed by atoms with Crippen LogP contribution in [-0.4, -0.2) is 34.5 Å². The highest BCUT2D eigenvalue weighted by atomic mass is 16.4. The van der Waals surface area contributed by atoms with Gasteiger partial charge in [0.25, 0.3) is 5.91 Å². The fourth-order valence-electron chi connectivity index (χ4n) is 2.62. The third-order valence-corrected chi connectivity index (χ3v) is 3.68. The fourth-order valence-corrected chi connectivity index (χ4v) is 2.62. The summed E-state index contributed by atoms with van der Waals surface area (Å²) >= 11 is 0. The minimum absolute atomic E-state index is 0.242. The van der Waals surface area contributed by atoms with Crippen molar-refractivity contribution in [2.24, 2.45) is 5.92 Å². The number of hydrogen-bond donors (Lipinski definition) is 1. The number of carboxylic acids is 1. The lowest BCUT2D eigenvalue weighted by atomic mass is 9.92. The van der Waals surface area contributed by atoms with Crippen LogP contribution in [0, 0.1) is 19.8 Å². The van der Waals surface area contributed by atoms with E-state index in [1.54, 1.807) is 19.9 Å². The van der Waals surface area contributed by atoms with Crippen LogP contribution in [0.3, 0.4) is 0 Å². The van der Waals surface area contributed by atoms with E-state index in [-0.39, 0.29) is 5.91 Å². The van der Waals surface area contributed by atoms with Crippen LogP contribution in [0.4, 0.5) is 0 Å². The molecule has 104 valence electrons. The number of rotatable bonds is 2.